The Morgan fingerprint density at radius 1 is 0.829 bits per heavy atom. The number of amides is 1. The van der Waals surface area contributed by atoms with E-state index in [0.29, 0.717) is 17.7 Å². The Hall–Kier alpha value is -4.06. The summed E-state index contributed by atoms with van der Waals surface area (Å²) in [4.78, 5) is 30.5. The molecule has 6 nitrogen and oxygen atoms in total. The van der Waals surface area contributed by atoms with Crippen molar-refractivity contribution in [1.82, 2.24) is 0 Å². The van der Waals surface area contributed by atoms with Crippen LogP contribution < -0.4 is 9.80 Å². The first-order valence-corrected chi connectivity index (χ1v) is 12.0. The van der Waals surface area contributed by atoms with Gasteiger partial charge in [-0.05, 0) is 66.8 Å². The van der Waals surface area contributed by atoms with Crippen LogP contribution in [-0.4, -0.2) is 35.0 Å². The van der Waals surface area contributed by atoms with Crippen molar-refractivity contribution in [2.75, 3.05) is 22.9 Å². The molecule has 0 aromatic heterocycles. The Balaban J connectivity index is 1.47. The number of aromatic hydroxyl groups is 1. The highest BCUT2D eigenvalue weighted by Crippen LogP contribution is 2.42. The Labute approximate surface area is 204 Å². The number of aliphatic hydroxyl groups excluding tert-OH is 1. The molecule has 1 amide bonds. The zero-order valence-corrected chi connectivity index (χ0v) is 19.4. The minimum absolute atomic E-state index is 0.0877. The molecular formula is C29H28N2O4. The van der Waals surface area contributed by atoms with E-state index >= 15 is 0 Å². The fourth-order valence-electron chi connectivity index (χ4n) is 4.96. The van der Waals surface area contributed by atoms with Gasteiger partial charge in [0.05, 0.1) is 11.6 Å². The van der Waals surface area contributed by atoms with Gasteiger partial charge in [0.1, 0.15) is 5.75 Å². The Morgan fingerprint density at radius 3 is 2.11 bits per heavy atom. The van der Waals surface area contributed by atoms with Crippen LogP contribution in [0.15, 0.2) is 90.2 Å². The standard InChI is InChI=1S/C29H28N2O4/c32-24-15-9-21(10-16-24)27-26(25(33)17-8-20-6-2-1-3-7-20)28(34)29(35)31(27)23-13-11-22(12-14-23)30-18-4-5-19-30/h1-3,6-7,9-16,27,32,34H,4-5,8,17-19H2. The molecule has 0 bridgehead atoms. The molecule has 1 saturated heterocycles. The van der Waals surface area contributed by atoms with E-state index in [0.717, 1.165) is 24.3 Å². The van der Waals surface area contributed by atoms with Crippen molar-refractivity contribution in [3.63, 3.8) is 0 Å². The molecule has 2 heterocycles. The van der Waals surface area contributed by atoms with Crippen LogP contribution in [0.1, 0.15) is 36.4 Å². The molecule has 3 aromatic rings. The fraction of sp³-hybridized carbons (Fsp3) is 0.241. The highest BCUT2D eigenvalue weighted by Gasteiger charge is 2.44. The van der Waals surface area contributed by atoms with E-state index in [2.05, 4.69) is 4.90 Å². The smallest absolute Gasteiger partial charge is 0.294 e. The molecule has 1 unspecified atom stereocenters. The Kier molecular flexibility index (Phi) is 6.27. The number of benzene rings is 3. The lowest BCUT2D eigenvalue weighted by Crippen LogP contribution is -2.31. The number of aliphatic hydroxyl groups is 1. The summed E-state index contributed by atoms with van der Waals surface area (Å²) in [5.41, 5.74) is 3.46. The zero-order chi connectivity index (χ0) is 24.4. The molecule has 1 atom stereocenters. The molecule has 6 heteroatoms. The summed E-state index contributed by atoms with van der Waals surface area (Å²) >= 11 is 0. The molecule has 178 valence electrons. The summed E-state index contributed by atoms with van der Waals surface area (Å²) in [7, 11) is 0. The minimum Gasteiger partial charge on any atom is -0.508 e. The van der Waals surface area contributed by atoms with Gasteiger partial charge < -0.3 is 15.1 Å². The van der Waals surface area contributed by atoms with Crippen LogP contribution in [0.3, 0.4) is 0 Å². The van der Waals surface area contributed by atoms with Crippen molar-refractivity contribution in [3.8, 4) is 5.75 Å². The van der Waals surface area contributed by atoms with Gasteiger partial charge in [0.2, 0.25) is 0 Å². The Bertz CT molecular complexity index is 1240. The number of anilines is 2. The van der Waals surface area contributed by atoms with Crippen LogP contribution in [0.4, 0.5) is 11.4 Å². The van der Waals surface area contributed by atoms with Gasteiger partial charge in [-0.15, -0.1) is 0 Å². The third kappa shape index (κ3) is 4.52. The van der Waals surface area contributed by atoms with Crippen LogP contribution in [0, 0.1) is 0 Å². The highest BCUT2D eigenvalue weighted by molar-refractivity contribution is 6.16. The van der Waals surface area contributed by atoms with Crippen LogP contribution in [-0.2, 0) is 16.0 Å². The molecule has 1 fully saturated rings. The average Bonchev–Trinajstić information content (AvgIpc) is 3.51. The van der Waals surface area contributed by atoms with E-state index < -0.39 is 17.7 Å². The molecule has 0 saturated carbocycles. The second-order valence-corrected chi connectivity index (χ2v) is 9.05. The number of carbonyl (C=O) groups excluding carboxylic acids is 2. The first kappa shape index (κ1) is 22.7. The first-order chi connectivity index (χ1) is 17.0. The molecule has 2 N–H and O–H groups in total. The van der Waals surface area contributed by atoms with Gasteiger partial charge >= 0.3 is 0 Å². The van der Waals surface area contributed by atoms with Crippen LogP contribution >= 0.6 is 0 Å². The minimum atomic E-state index is -0.774. The SMILES string of the molecule is O=C(CCc1ccccc1)C1=C(O)C(=O)N(c2ccc(N3CCCC3)cc2)C1c1ccc(O)cc1. The lowest BCUT2D eigenvalue weighted by molar-refractivity contribution is -0.118. The zero-order valence-electron chi connectivity index (χ0n) is 19.4. The predicted octanol–water partition coefficient (Wildman–Crippen LogP) is 5.09. The summed E-state index contributed by atoms with van der Waals surface area (Å²) in [6.07, 6.45) is 3.02. The van der Waals surface area contributed by atoms with Crippen LogP contribution in [0.5, 0.6) is 5.75 Å². The lowest BCUT2D eigenvalue weighted by Gasteiger charge is -2.28. The summed E-state index contributed by atoms with van der Waals surface area (Å²) in [6.45, 7) is 2.03. The molecule has 35 heavy (non-hydrogen) atoms. The van der Waals surface area contributed by atoms with E-state index in [4.69, 9.17) is 0 Å². The largest absolute Gasteiger partial charge is 0.508 e. The lowest BCUT2D eigenvalue weighted by atomic mass is 9.93. The van der Waals surface area contributed by atoms with Gasteiger partial charge in [0, 0.05) is 30.9 Å². The maximum absolute atomic E-state index is 13.4. The van der Waals surface area contributed by atoms with Crippen molar-refractivity contribution in [2.45, 2.75) is 31.7 Å². The van der Waals surface area contributed by atoms with Crippen molar-refractivity contribution in [2.24, 2.45) is 0 Å². The normalized spacial score (nSPS) is 17.9. The number of hydrogen-bond donors (Lipinski definition) is 2. The quantitative estimate of drug-likeness (QED) is 0.505. The summed E-state index contributed by atoms with van der Waals surface area (Å²) in [5.74, 6) is -1.29. The van der Waals surface area contributed by atoms with E-state index in [-0.39, 0.29) is 23.5 Å². The summed E-state index contributed by atoms with van der Waals surface area (Å²) < 4.78 is 0. The molecule has 3 aromatic carbocycles. The van der Waals surface area contributed by atoms with Gasteiger partial charge in [-0.2, -0.15) is 0 Å². The monoisotopic (exact) mass is 468 g/mol. The van der Waals surface area contributed by atoms with Crippen LogP contribution in [0.25, 0.3) is 0 Å². The predicted molar refractivity (Wildman–Crippen MR) is 136 cm³/mol. The molecular weight excluding hydrogens is 440 g/mol. The number of Topliss-reactive ketones (excluding diaryl/α,β-unsaturated/α-hetero) is 1. The van der Waals surface area contributed by atoms with E-state index in [1.807, 2.05) is 54.6 Å². The summed E-state index contributed by atoms with van der Waals surface area (Å²) in [5, 5.41) is 20.7. The molecule has 2 aliphatic heterocycles. The van der Waals surface area contributed by atoms with Gasteiger partial charge in [0.25, 0.3) is 5.91 Å². The topological polar surface area (TPSA) is 81.1 Å². The molecule has 0 spiro atoms. The molecule has 2 aliphatic rings. The van der Waals surface area contributed by atoms with Crippen molar-refractivity contribution in [3.05, 3.63) is 101 Å². The number of phenols is 1. The number of carbonyl (C=O) groups is 2. The second kappa shape index (κ2) is 9.66. The first-order valence-electron chi connectivity index (χ1n) is 12.0. The third-order valence-corrected chi connectivity index (χ3v) is 6.80. The Morgan fingerprint density at radius 2 is 1.46 bits per heavy atom. The fourth-order valence-corrected chi connectivity index (χ4v) is 4.96. The van der Waals surface area contributed by atoms with E-state index in [9.17, 15) is 19.8 Å². The van der Waals surface area contributed by atoms with Gasteiger partial charge in [-0.1, -0.05) is 42.5 Å². The van der Waals surface area contributed by atoms with E-state index in [1.54, 1.807) is 12.1 Å². The number of rotatable bonds is 7. The van der Waals surface area contributed by atoms with Crippen LogP contribution in [0.2, 0.25) is 0 Å². The number of ketones is 1. The number of nitrogens with zero attached hydrogens (tertiary/aromatic N) is 2. The number of hydrogen-bond acceptors (Lipinski definition) is 5. The van der Waals surface area contributed by atoms with Gasteiger partial charge in [-0.25, -0.2) is 0 Å². The highest BCUT2D eigenvalue weighted by atomic mass is 16.3. The molecule has 5 rings (SSSR count). The van der Waals surface area contributed by atoms with Gasteiger partial charge in [0.15, 0.2) is 11.5 Å². The third-order valence-electron chi connectivity index (χ3n) is 6.80. The number of phenolic OH excluding ortho intramolecular Hbond substituents is 1. The van der Waals surface area contributed by atoms with E-state index in [1.165, 1.54) is 29.9 Å². The summed E-state index contributed by atoms with van der Waals surface area (Å²) in [6, 6.07) is 23.0. The van der Waals surface area contributed by atoms with Crippen molar-refractivity contribution in [1.29, 1.82) is 0 Å². The second-order valence-electron chi connectivity index (χ2n) is 9.05. The molecule has 0 radical (unpaired) electrons. The maximum Gasteiger partial charge on any atom is 0.294 e. The maximum atomic E-state index is 13.4. The number of aryl methyl sites for hydroxylation is 1. The average molecular weight is 469 g/mol. The molecule has 0 aliphatic carbocycles. The van der Waals surface area contributed by atoms with Crippen molar-refractivity contribution >= 4 is 23.1 Å². The van der Waals surface area contributed by atoms with Gasteiger partial charge in [-0.3, -0.25) is 14.5 Å². The van der Waals surface area contributed by atoms with Crippen molar-refractivity contribution < 1.29 is 19.8 Å².